The average molecular weight is 223 g/mol. The van der Waals surface area contributed by atoms with Gasteiger partial charge in [0.2, 0.25) is 0 Å². The SMILES string of the molecule is [2H]C([2H])([2H])N(c1cncc(Br)c1)C([2H])([2H])C([2H])([2H])[2H]. The van der Waals surface area contributed by atoms with E-state index in [2.05, 4.69) is 20.9 Å². The van der Waals surface area contributed by atoms with Crippen LogP contribution in [0.1, 0.15) is 17.8 Å². The normalized spacial score (nSPS) is 24.1. The van der Waals surface area contributed by atoms with Gasteiger partial charge in [-0.25, -0.2) is 0 Å². The predicted molar refractivity (Wildman–Crippen MR) is 50.9 cm³/mol. The molecule has 0 aliphatic rings. The smallest absolute Gasteiger partial charge is 0.0561 e. The third-order valence-corrected chi connectivity index (χ3v) is 1.49. The third kappa shape index (κ3) is 2.19. The van der Waals surface area contributed by atoms with E-state index in [0.717, 1.165) is 6.20 Å². The zero-order chi connectivity index (χ0) is 15.1. The van der Waals surface area contributed by atoms with Crippen LogP contribution in [-0.4, -0.2) is 18.5 Å². The predicted octanol–water partition coefficient (Wildman–Crippen LogP) is 2.30. The van der Waals surface area contributed by atoms with Gasteiger partial charge in [-0.05, 0) is 28.8 Å². The van der Waals surface area contributed by atoms with E-state index in [4.69, 9.17) is 11.0 Å². The van der Waals surface area contributed by atoms with E-state index in [-0.39, 0.29) is 10.6 Å². The van der Waals surface area contributed by atoms with Gasteiger partial charge >= 0.3 is 0 Å². The molecule has 0 bridgehead atoms. The molecule has 0 N–H and O–H groups in total. The molecule has 1 rings (SSSR count). The highest BCUT2D eigenvalue weighted by molar-refractivity contribution is 9.10. The number of pyridine rings is 1. The Bertz CT molecular complexity index is 455. The standard InChI is InChI=1S/C8H11BrN2/c1-3-11(2)8-4-7(9)5-10-6-8/h4-6H,3H2,1-2H3/i1D3,2D3,3D2. The fourth-order valence-electron chi connectivity index (χ4n) is 0.587. The second kappa shape index (κ2) is 3.72. The monoisotopic (exact) mass is 222 g/mol. The summed E-state index contributed by atoms with van der Waals surface area (Å²) in [6, 6.07) is 1.29. The molecule has 0 saturated heterocycles. The van der Waals surface area contributed by atoms with Crippen molar-refractivity contribution in [3.05, 3.63) is 22.9 Å². The summed E-state index contributed by atoms with van der Waals surface area (Å²) in [7, 11) is 0. The lowest BCUT2D eigenvalue weighted by molar-refractivity contribution is 0.960. The van der Waals surface area contributed by atoms with E-state index in [1.54, 1.807) is 0 Å². The zero-order valence-corrected chi connectivity index (χ0v) is 7.09. The molecule has 0 saturated carbocycles. The lowest BCUT2D eigenvalue weighted by Crippen LogP contribution is -2.15. The molecule has 0 aliphatic heterocycles. The van der Waals surface area contributed by atoms with Crippen LogP contribution < -0.4 is 4.90 Å². The quantitative estimate of drug-likeness (QED) is 0.764. The summed E-state index contributed by atoms with van der Waals surface area (Å²) in [6.45, 7) is -9.13. The Morgan fingerprint density at radius 2 is 2.73 bits per heavy atom. The molecule has 2 nitrogen and oxygen atoms in total. The van der Waals surface area contributed by atoms with Gasteiger partial charge in [0.1, 0.15) is 0 Å². The minimum absolute atomic E-state index is 0.143. The Morgan fingerprint density at radius 1 is 1.82 bits per heavy atom. The highest BCUT2D eigenvalue weighted by atomic mass is 79.9. The Hall–Kier alpha value is -0.570. The van der Waals surface area contributed by atoms with Crippen LogP contribution in [0.5, 0.6) is 0 Å². The molecule has 60 valence electrons. The summed E-state index contributed by atoms with van der Waals surface area (Å²) in [5.74, 6) is 0. The first kappa shape index (κ1) is 2.73. The molecule has 0 radical (unpaired) electrons. The Morgan fingerprint density at radius 3 is 3.36 bits per heavy atom. The average Bonchev–Trinajstić information content (AvgIpc) is 2.12. The number of aromatic nitrogens is 1. The van der Waals surface area contributed by atoms with Crippen molar-refractivity contribution >= 4 is 21.6 Å². The van der Waals surface area contributed by atoms with Gasteiger partial charge in [0, 0.05) is 35.1 Å². The Kier molecular flexibility index (Phi) is 0.922. The van der Waals surface area contributed by atoms with E-state index in [1.807, 2.05) is 0 Å². The molecular formula is C8H11BrN2. The second-order valence-electron chi connectivity index (χ2n) is 1.81. The molecule has 0 spiro atoms. The van der Waals surface area contributed by atoms with E-state index < -0.39 is 20.3 Å². The van der Waals surface area contributed by atoms with Crippen LogP contribution in [0.25, 0.3) is 0 Å². The van der Waals surface area contributed by atoms with Gasteiger partial charge in [-0.15, -0.1) is 0 Å². The van der Waals surface area contributed by atoms with Crippen LogP contribution in [0.2, 0.25) is 0 Å². The van der Waals surface area contributed by atoms with Crippen molar-refractivity contribution in [1.29, 1.82) is 0 Å². The molecule has 0 atom stereocenters. The van der Waals surface area contributed by atoms with Crippen molar-refractivity contribution < 1.29 is 11.0 Å². The summed E-state index contributed by atoms with van der Waals surface area (Å²) >= 11 is 3.08. The molecule has 0 aliphatic carbocycles. The molecule has 0 fully saturated rings. The first-order valence-corrected chi connectivity index (χ1v) is 3.57. The maximum Gasteiger partial charge on any atom is 0.0561 e. The van der Waals surface area contributed by atoms with E-state index in [1.165, 1.54) is 12.3 Å². The van der Waals surface area contributed by atoms with Gasteiger partial charge in [-0.1, -0.05) is 0 Å². The zero-order valence-electron chi connectivity index (χ0n) is 13.5. The van der Waals surface area contributed by atoms with E-state index >= 15 is 0 Å². The van der Waals surface area contributed by atoms with Crippen LogP contribution in [0.4, 0.5) is 5.69 Å². The van der Waals surface area contributed by atoms with Crippen LogP contribution in [-0.2, 0) is 0 Å². The molecule has 1 aromatic heterocycles. The Balaban J connectivity index is 3.41. The van der Waals surface area contributed by atoms with Crippen molar-refractivity contribution in [2.24, 2.45) is 0 Å². The number of halogens is 1. The van der Waals surface area contributed by atoms with Crippen LogP contribution in [0.15, 0.2) is 22.9 Å². The van der Waals surface area contributed by atoms with Crippen LogP contribution in [0.3, 0.4) is 0 Å². The number of anilines is 1. The first-order chi connectivity index (χ1) is 8.37. The molecule has 1 heterocycles. The van der Waals surface area contributed by atoms with Gasteiger partial charge in [-0.2, -0.15) is 0 Å². The highest BCUT2D eigenvalue weighted by Gasteiger charge is 1.97. The maximum atomic E-state index is 7.63. The number of hydrogen-bond donors (Lipinski definition) is 0. The van der Waals surface area contributed by atoms with Crippen molar-refractivity contribution in [2.75, 3.05) is 18.4 Å². The molecule has 0 unspecified atom stereocenters. The van der Waals surface area contributed by atoms with Crippen LogP contribution >= 0.6 is 15.9 Å². The Labute approximate surface area is 86.6 Å². The van der Waals surface area contributed by atoms with E-state index in [9.17, 15) is 0 Å². The summed E-state index contributed by atoms with van der Waals surface area (Å²) in [6.07, 6.45) is 2.48. The maximum absolute atomic E-state index is 7.63. The second-order valence-corrected chi connectivity index (χ2v) is 2.72. The van der Waals surface area contributed by atoms with Gasteiger partial charge in [0.25, 0.3) is 0 Å². The lowest BCUT2D eigenvalue weighted by atomic mass is 10.4. The largest absolute Gasteiger partial charge is 0.374 e. The lowest BCUT2D eigenvalue weighted by Gasteiger charge is -2.15. The van der Waals surface area contributed by atoms with Gasteiger partial charge in [0.15, 0.2) is 0 Å². The van der Waals surface area contributed by atoms with Gasteiger partial charge in [-0.3, -0.25) is 4.98 Å². The molecule has 0 amide bonds. The van der Waals surface area contributed by atoms with Crippen molar-refractivity contribution in [1.82, 2.24) is 4.98 Å². The summed E-state index contributed by atoms with van der Waals surface area (Å²) in [5, 5.41) is 0. The molecule has 0 aromatic carbocycles. The minimum Gasteiger partial charge on any atom is -0.374 e. The summed E-state index contributed by atoms with van der Waals surface area (Å²) < 4.78 is 59.3. The fourth-order valence-corrected chi connectivity index (χ4v) is 0.940. The van der Waals surface area contributed by atoms with Crippen molar-refractivity contribution in [3.8, 4) is 0 Å². The van der Waals surface area contributed by atoms with Gasteiger partial charge in [0.05, 0.1) is 11.9 Å². The van der Waals surface area contributed by atoms with E-state index in [0.29, 0.717) is 4.47 Å². The van der Waals surface area contributed by atoms with Gasteiger partial charge < -0.3 is 4.90 Å². The molecule has 1 aromatic rings. The molecular weight excluding hydrogens is 204 g/mol. The number of hydrogen-bond acceptors (Lipinski definition) is 2. The van der Waals surface area contributed by atoms with Crippen molar-refractivity contribution in [2.45, 2.75) is 6.85 Å². The number of nitrogens with zero attached hydrogens (tertiary/aromatic N) is 2. The first-order valence-electron chi connectivity index (χ1n) is 6.78. The van der Waals surface area contributed by atoms with Crippen molar-refractivity contribution in [3.63, 3.8) is 0 Å². The topological polar surface area (TPSA) is 16.1 Å². The minimum atomic E-state index is -3.12. The third-order valence-electron chi connectivity index (χ3n) is 1.06. The number of rotatable bonds is 2. The summed E-state index contributed by atoms with van der Waals surface area (Å²) in [4.78, 5) is 3.97. The highest BCUT2D eigenvalue weighted by Crippen LogP contribution is 2.16. The van der Waals surface area contributed by atoms with Crippen LogP contribution in [0, 0.1) is 0 Å². The fraction of sp³-hybridized carbons (Fsp3) is 0.375. The molecule has 11 heavy (non-hydrogen) atoms. The molecule has 3 heteroatoms. The summed E-state index contributed by atoms with van der Waals surface area (Å²) in [5.41, 5.74) is -0.143.